The third kappa shape index (κ3) is 4.06. The maximum absolute atomic E-state index is 14.0. The molecule has 0 unspecified atom stereocenters. The lowest BCUT2D eigenvalue weighted by Gasteiger charge is -2.29. The molecule has 3 aromatic rings. The highest BCUT2D eigenvalue weighted by molar-refractivity contribution is 5.90. The summed E-state index contributed by atoms with van der Waals surface area (Å²) in [5, 5.41) is 3.92. The van der Waals surface area contributed by atoms with Gasteiger partial charge >= 0.3 is 0 Å². The van der Waals surface area contributed by atoms with E-state index in [9.17, 15) is 9.18 Å². The number of aryl methyl sites for hydroxylation is 1. The fraction of sp³-hybridized carbons (Fsp3) is 0.333. The van der Waals surface area contributed by atoms with E-state index in [1.807, 2.05) is 43.3 Å². The van der Waals surface area contributed by atoms with Gasteiger partial charge in [-0.3, -0.25) is 9.78 Å². The molecule has 0 spiro atoms. The van der Waals surface area contributed by atoms with Gasteiger partial charge in [-0.15, -0.1) is 0 Å². The van der Waals surface area contributed by atoms with E-state index >= 15 is 0 Å². The largest absolute Gasteiger partial charge is 0.326 e. The highest BCUT2D eigenvalue weighted by Gasteiger charge is 2.25. The molecule has 1 amide bonds. The van der Waals surface area contributed by atoms with Crippen molar-refractivity contribution in [3.8, 4) is 0 Å². The molecule has 1 heterocycles. The van der Waals surface area contributed by atoms with Gasteiger partial charge in [0, 0.05) is 23.7 Å². The number of anilines is 1. The quantitative estimate of drug-likeness (QED) is 0.608. The number of benzene rings is 2. The minimum absolute atomic E-state index is 0.0868. The number of amides is 1. The average molecular weight is 376 g/mol. The third-order valence-corrected chi connectivity index (χ3v) is 5.85. The van der Waals surface area contributed by atoms with Gasteiger partial charge in [-0.05, 0) is 74.3 Å². The summed E-state index contributed by atoms with van der Waals surface area (Å²) in [7, 11) is 0. The fourth-order valence-electron chi connectivity index (χ4n) is 4.31. The van der Waals surface area contributed by atoms with E-state index in [2.05, 4.69) is 10.3 Å². The minimum Gasteiger partial charge on any atom is -0.326 e. The van der Waals surface area contributed by atoms with Crippen molar-refractivity contribution in [2.75, 3.05) is 5.32 Å². The van der Waals surface area contributed by atoms with Crippen LogP contribution in [-0.2, 0) is 4.79 Å². The molecular weight excluding hydrogens is 351 g/mol. The molecule has 3 nitrogen and oxygen atoms in total. The van der Waals surface area contributed by atoms with Crippen LogP contribution in [0.3, 0.4) is 0 Å². The van der Waals surface area contributed by atoms with Crippen LogP contribution in [0.15, 0.2) is 54.7 Å². The number of hydrogen-bond donors (Lipinski definition) is 1. The van der Waals surface area contributed by atoms with E-state index in [-0.39, 0.29) is 11.7 Å². The number of para-hydroxylation sites is 1. The maximum atomic E-state index is 14.0. The predicted molar refractivity (Wildman–Crippen MR) is 111 cm³/mol. The molecule has 4 heteroatoms. The Labute approximate surface area is 165 Å². The monoisotopic (exact) mass is 376 g/mol. The van der Waals surface area contributed by atoms with E-state index < -0.39 is 0 Å². The Balaban J connectivity index is 1.37. The predicted octanol–water partition coefficient (Wildman–Crippen LogP) is 5.98. The first-order valence-electron chi connectivity index (χ1n) is 10.00. The van der Waals surface area contributed by atoms with E-state index in [4.69, 9.17) is 0 Å². The highest BCUT2D eigenvalue weighted by Crippen LogP contribution is 2.39. The number of carbonyl (C=O) groups excluding carboxylic acids is 1. The van der Waals surface area contributed by atoms with Crippen molar-refractivity contribution in [1.82, 2.24) is 4.98 Å². The molecule has 1 aliphatic rings. The lowest BCUT2D eigenvalue weighted by atomic mass is 9.77. The molecule has 1 aromatic heterocycles. The standard InChI is InChI=1S/C24H25FN2O/c1-16-5-11-19(12-6-16)27-23(28)15-17-7-9-18(10-8-17)20-13-14-26-24-21(20)3-2-4-22(24)25/h2-6,11-14,17-18H,7-10,15H2,1H3,(H,27,28). The first-order valence-corrected chi connectivity index (χ1v) is 10.00. The van der Waals surface area contributed by atoms with Gasteiger partial charge in [0.2, 0.25) is 5.91 Å². The maximum Gasteiger partial charge on any atom is 0.224 e. The lowest BCUT2D eigenvalue weighted by molar-refractivity contribution is -0.117. The van der Waals surface area contributed by atoms with Crippen LogP contribution < -0.4 is 5.32 Å². The highest BCUT2D eigenvalue weighted by atomic mass is 19.1. The summed E-state index contributed by atoms with van der Waals surface area (Å²) >= 11 is 0. The lowest BCUT2D eigenvalue weighted by Crippen LogP contribution is -2.20. The summed E-state index contributed by atoms with van der Waals surface area (Å²) in [6.45, 7) is 2.03. The molecule has 0 radical (unpaired) electrons. The van der Waals surface area contributed by atoms with Crippen LogP contribution in [0.2, 0.25) is 0 Å². The van der Waals surface area contributed by atoms with Gasteiger partial charge in [0.15, 0.2) is 0 Å². The number of hydrogen-bond acceptors (Lipinski definition) is 2. The van der Waals surface area contributed by atoms with Crippen LogP contribution in [0.5, 0.6) is 0 Å². The first kappa shape index (κ1) is 18.6. The van der Waals surface area contributed by atoms with Crippen LogP contribution in [-0.4, -0.2) is 10.9 Å². The van der Waals surface area contributed by atoms with Crippen molar-refractivity contribution in [1.29, 1.82) is 0 Å². The van der Waals surface area contributed by atoms with E-state index in [0.29, 0.717) is 23.8 Å². The zero-order valence-electron chi connectivity index (χ0n) is 16.1. The molecule has 28 heavy (non-hydrogen) atoms. The molecule has 1 N–H and O–H groups in total. The molecule has 0 bridgehead atoms. The zero-order valence-corrected chi connectivity index (χ0v) is 16.1. The Morgan fingerprint density at radius 2 is 1.82 bits per heavy atom. The second kappa shape index (κ2) is 8.09. The molecule has 0 saturated heterocycles. The Kier molecular flexibility index (Phi) is 5.38. The van der Waals surface area contributed by atoms with Gasteiger partial charge in [-0.2, -0.15) is 0 Å². The zero-order chi connectivity index (χ0) is 19.5. The fourth-order valence-corrected chi connectivity index (χ4v) is 4.31. The van der Waals surface area contributed by atoms with Crippen molar-refractivity contribution < 1.29 is 9.18 Å². The SMILES string of the molecule is Cc1ccc(NC(=O)CC2CCC(c3ccnc4c(F)cccc34)CC2)cc1. The summed E-state index contributed by atoms with van der Waals surface area (Å²) in [6, 6.07) is 15.1. The smallest absolute Gasteiger partial charge is 0.224 e. The van der Waals surface area contributed by atoms with E-state index in [0.717, 1.165) is 36.8 Å². The Bertz CT molecular complexity index is 976. The minimum atomic E-state index is -0.263. The second-order valence-electron chi connectivity index (χ2n) is 7.87. The van der Waals surface area contributed by atoms with Crippen molar-refractivity contribution in [2.45, 2.75) is 44.9 Å². The summed E-state index contributed by atoms with van der Waals surface area (Å²) in [6.07, 6.45) is 6.36. The Morgan fingerprint density at radius 3 is 2.57 bits per heavy atom. The molecule has 0 atom stereocenters. The number of halogens is 1. The van der Waals surface area contributed by atoms with Gasteiger partial charge < -0.3 is 5.32 Å². The molecule has 1 aliphatic carbocycles. The van der Waals surface area contributed by atoms with Gasteiger partial charge in [0.25, 0.3) is 0 Å². The number of fused-ring (bicyclic) bond motifs is 1. The topological polar surface area (TPSA) is 42.0 Å². The molecule has 1 fully saturated rings. The van der Waals surface area contributed by atoms with Gasteiger partial charge in [0.1, 0.15) is 11.3 Å². The van der Waals surface area contributed by atoms with E-state index in [1.54, 1.807) is 12.3 Å². The summed E-state index contributed by atoms with van der Waals surface area (Å²) in [5.74, 6) is 0.639. The van der Waals surface area contributed by atoms with Crippen LogP contribution in [0.4, 0.5) is 10.1 Å². The Hall–Kier alpha value is -2.75. The number of aromatic nitrogens is 1. The number of pyridine rings is 1. The third-order valence-electron chi connectivity index (χ3n) is 5.85. The second-order valence-corrected chi connectivity index (χ2v) is 7.87. The number of carbonyl (C=O) groups is 1. The van der Waals surface area contributed by atoms with Crippen LogP contribution in [0, 0.1) is 18.7 Å². The molecule has 4 rings (SSSR count). The van der Waals surface area contributed by atoms with Crippen LogP contribution >= 0.6 is 0 Å². The Morgan fingerprint density at radius 1 is 1.07 bits per heavy atom. The summed E-state index contributed by atoms with van der Waals surface area (Å²) < 4.78 is 14.0. The van der Waals surface area contributed by atoms with Gasteiger partial charge in [-0.1, -0.05) is 29.8 Å². The van der Waals surface area contributed by atoms with Crippen molar-refractivity contribution >= 4 is 22.5 Å². The van der Waals surface area contributed by atoms with E-state index in [1.165, 1.54) is 17.2 Å². The van der Waals surface area contributed by atoms with Crippen molar-refractivity contribution in [3.05, 3.63) is 71.7 Å². The number of nitrogens with zero attached hydrogens (tertiary/aromatic N) is 1. The molecule has 1 saturated carbocycles. The molecule has 2 aromatic carbocycles. The summed E-state index contributed by atoms with van der Waals surface area (Å²) in [5.41, 5.74) is 3.68. The number of nitrogens with one attached hydrogen (secondary N) is 1. The molecule has 144 valence electrons. The molecular formula is C24H25FN2O. The summed E-state index contributed by atoms with van der Waals surface area (Å²) in [4.78, 5) is 16.6. The first-order chi connectivity index (χ1) is 13.6. The van der Waals surface area contributed by atoms with Crippen LogP contribution in [0.1, 0.15) is 49.1 Å². The van der Waals surface area contributed by atoms with Crippen LogP contribution in [0.25, 0.3) is 10.9 Å². The molecule has 0 aliphatic heterocycles. The number of rotatable bonds is 4. The van der Waals surface area contributed by atoms with Crippen molar-refractivity contribution in [2.24, 2.45) is 5.92 Å². The van der Waals surface area contributed by atoms with Gasteiger partial charge in [-0.25, -0.2) is 4.39 Å². The van der Waals surface area contributed by atoms with Crippen molar-refractivity contribution in [3.63, 3.8) is 0 Å². The van der Waals surface area contributed by atoms with Gasteiger partial charge in [0.05, 0.1) is 0 Å². The normalized spacial score (nSPS) is 19.5. The average Bonchev–Trinajstić information content (AvgIpc) is 2.70.